The third kappa shape index (κ3) is 4.98. The molecule has 32 heavy (non-hydrogen) atoms. The first kappa shape index (κ1) is 21.6. The molecule has 4 aromatic rings. The van der Waals surface area contributed by atoms with Crippen molar-refractivity contribution in [3.8, 4) is 17.2 Å². The number of hydrogen-bond donors (Lipinski definition) is 1. The number of nitrogens with one attached hydrogen (secondary N) is 1. The van der Waals surface area contributed by atoms with Gasteiger partial charge >= 0.3 is 0 Å². The number of hydrogen-bond acceptors (Lipinski definition) is 5. The van der Waals surface area contributed by atoms with Crippen molar-refractivity contribution in [2.45, 2.75) is 33.5 Å². The number of para-hydroxylation sites is 1. The molecule has 0 radical (unpaired) electrons. The van der Waals surface area contributed by atoms with E-state index in [2.05, 4.69) is 42.3 Å². The van der Waals surface area contributed by atoms with Crippen LogP contribution < -0.4 is 14.8 Å². The van der Waals surface area contributed by atoms with E-state index >= 15 is 0 Å². The van der Waals surface area contributed by atoms with Gasteiger partial charge in [-0.25, -0.2) is 4.68 Å². The summed E-state index contributed by atoms with van der Waals surface area (Å²) in [6, 6.07) is 20.1. The van der Waals surface area contributed by atoms with Crippen LogP contribution in [0, 0.1) is 13.8 Å². The number of aromatic nitrogens is 3. The number of methoxy groups -OCH3 is 1. The van der Waals surface area contributed by atoms with Crippen molar-refractivity contribution >= 4 is 0 Å². The summed E-state index contributed by atoms with van der Waals surface area (Å²) < 4.78 is 13.5. The number of aryl methyl sites for hydroxylation is 1. The van der Waals surface area contributed by atoms with Gasteiger partial charge < -0.3 is 14.8 Å². The summed E-state index contributed by atoms with van der Waals surface area (Å²) in [7, 11) is 1.65. The van der Waals surface area contributed by atoms with Gasteiger partial charge in [-0.15, -0.1) is 0 Å². The summed E-state index contributed by atoms with van der Waals surface area (Å²) in [5.74, 6) is 1.44. The molecule has 0 aliphatic rings. The van der Waals surface area contributed by atoms with Crippen molar-refractivity contribution in [1.29, 1.82) is 0 Å². The van der Waals surface area contributed by atoms with Gasteiger partial charge in [0.15, 0.2) is 11.5 Å². The molecule has 4 rings (SSSR count). The zero-order chi connectivity index (χ0) is 22.3. The second kappa shape index (κ2) is 10.1. The molecular weight excluding hydrogens is 400 g/mol. The van der Waals surface area contributed by atoms with E-state index in [1.54, 1.807) is 19.5 Å². The lowest BCUT2D eigenvalue weighted by Crippen LogP contribution is -2.14. The van der Waals surface area contributed by atoms with E-state index < -0.39 is 0 Å². The van der Waals surface area contributed by atoms with Gasteiger partial charge in [0.25, 0.3) is 0 Å². The molecule has 2 heterocycles. The lowest BCUT2D eigenvalue weighted by atomic mass is 10.1. The third-order valence-corrected chi connectivity index (χ3v) is 5.42. The van der Waals surface area contributed by atoms with Crippen LogP contribution in [0.1, 0.15) is 28.1 Å². The molecule has 0 saturated carbocycles. The molecule has 1 N–H and O–H groups in total. The smallest absolute Gasteiger partial charge is 0.161 e. The molecule has 0 unspecified atom stereocenters. The highest BCUT2D eigenvalue weighted by atomic mass is 16.5. The maximum absolute atomic E-state index is 6.00. The van der Waals surface area contributed by atoms with Crippen LogP contribution in [0.5, 0.6) is 11.5 Å². The molecular formula is C26H28N4O2. The van der Waals surface area contributed by atoms with Crippen LogP contribution >= 0.6 is 0 Å². The van der Waals surface area contributed by atoms with Crippen LogP contribution in [0.15, 0.2) is 73.1 Å². The summed E-state index contributed by atoms with van der Waals surface area (Å²) in [5.41, 5.74) is 6.61. The van der Waals surface area contributed by atoms with Gasteiger partial charge in [0.2, 0.25) is 0 Å². The summed E-state index contributed by atoms with van der Waals surface area (Å²) in [5, 5.41) is 8.27. The summed E-state index contributed by atoms with van der Waals surface area (Å²) in [6.45, 7) is 6.06. The lowest BCUT2D eigenvalue weighted by Gasteiger charge is -2.13. The third-order valence-electron chi connectivity index (χ3n) is 5.42. The number of pyridine rings is 1. The minimum Gasteiger partial charge on any atom is -0.493 e. The van der Waals surface area contributed by atoms with Crippen molar-refractivity contribution in [2.75, 3.05) is 7.11 Å². The van der Waals surface area contributed by atoms with E-state index in [0.717, 1.165) is 40.5 Å². The first-order valence-electron chi connectivity index (χ1n) is 10.7. The average Bonchev–Trinajstić information content (AvgIpc) is 3.12. The molecule has 164 valence electrons. The van der Waals surface area contributed by atoms with Crippen LogP contribution in [-0.2, 0) is 19.7 Å². The average molecular weight is 429 g/mol. The highest BCUT2D eigenvalue weighted by molar-refractivity contribution is 5.43. The van der Waals surface area contributed by atoms with E-state index in [9.17, 15) is 0 Å². The van der Waals surface area contributed by atoms with Gasteiger partial charge in [-0.3, -0.25) is 4.98 Å². The van der Waals surface area contributed by atoms with Crippen LogP contribution in [-0.4, -0.2) is 21.9 Å². The van der Waals surface area contributed by atoms with Crippen LogP contribution in [0.4, 0.5) is 0 Å². The van der Waals surface area contributed by atoms with Crippen molar-refractivity contribution in [1.82, 2.24) is 20.1 Å². The normalized spacial score (nSPS) is 10.8. The Kier molecular flexibility index (Phi) is 6.82. The predicted molar refractivity (Wildman–Crippen MR) is 125 cm³/mol. The van der Waals surface area contributed by atoms with Crippen LogP contribution in [0.2, 0.25) is 0 Å². The fourth-order valence-corrected chi connectivity index (χ4v) is 3.67. The monoisotopic (exact) mass is 428 g/mol. The Morgan fingerprint density at radius 1 is 0.906 bits per heavy atom. The number of nitrogens with zero attached hydrogens (tertiary/aromatic N) is 3. The largest absolute Gasteiger partial charge is 0.493 e. The zero-order valence-corrected chi connectivity index (χ0v) is 18.7. The first-order valence-corrected chi connectivity index (χ1v) is 10.7. The molecule has 0 fully saturated rings. The van der Waals surface area contributed by atoms with Crippen molar-refractivity contribution in [3.63, 3.8) is 0 Å². The summed E-state index contributed by atoms with van der Waals surface area (Å²) in [6.07, 6.45) is 3.56. The van der Waals surface area contributed by atoms with Gasteiger partial charge in [0.05, 0.1) is 18.5 Å². The molecule has 0 aliphatic carbocycles. The Bertz CT molecular complexity index is 1160. The second-order valence-corrected chi connectivity index (χ2v) is 7.64. The van der Waals surface area contributed by atoms with E-state index in [0.29, 0.717) is 18.9 Å². The SMILES string of the molecule is COc1ccc(CNCc2c(C)nn(-c3ccccc3)c2C)cc1OCc1cccnc1. The second-order valence-electron chi connectivity index (χ2n) is 7.64. The molecule has 0 saturated heterocycles. The Morgan fingerprint density at radius 3 is 2.50 bits per heavy atom. The fraction of sp³-hybridized carbons (Fsp3) is 0.231. The lowest BCUT2D eigenvalue weighted by molar-refractivity contribution is 0.283. The molecule has 2 aromatic heterocycles. The minimum absolute atomic E-state index is 0.443. The topological polar surface area (TPSA) is 61.2 Å². The van der Waals surface area contributed by atoms with Crippen molar-refractivity contribution < 1.29 is 9.47 Å². The van der Waals surface area contributed by atoms with Crippen LogP contribution in [0.3, 0.4) is 0 Å². The standard InChI is InChI=1S/C26H28N4O2/c1-19-24(20(2)30(29-19)23-9-5-4-6-10-23)17-28-15-21-11-12-25(31-3)26(14-21)32-18-22-8-7-13-27-16-22/h4-14,16,28H,15,17-18H2,1-3H3. The van der Waals surface area contributed by atoms with Gasteiger partial charge in [-0.1, -0.05) is 30.3 Å². The molecule has 0 aliphatic heterocycles. The minimum atomic E-state index is 0.443. The number of ether oxygens (including phenoxy) is 2. The van der Waals surface area contributed by atoms with E-state index in [-0.39, 0.29) is 0 Å². The molecule has 0 amide bonds. The van der Waals surface area contributed by atoms with Gasteiger partial charge in [0, 0.05) is 42.3 Å². The molecule has 0 atom stereocenters. The Hall–Kier alpha value is -3.64. The van der Waals surface area contributed by atoms with Crippen molar-refractivity contribution in [2.24, 2.45) is 0 Å². The molecule has 6 nitrogen and oxygen atoms in total. The zero-order valence-electron chi connectivity index (χ0n) is 18.7. The maximum Gasteiger partial charge on any atom is 0.161 e. The highest BCUT2D eigenvalue weighted by Gasteiger charge is 2.13. The Morgan fingerprint density at radius 2 is 1.75 bits per heavy atom. The Balaban J connectivity index is 1.41. The summed E-state index contributed by atoms with van der Waals surface area (Å²) in [4.78, 5) is 4.13. The molecule has 2 aromatic carbocycles. The highest BCUT2D eigenvalue weighted by Crippen LogP contribution is 2.29. The maximum atomic E-state index is 6.00. The van der Waals surface area contributed by atoms with Crippen molar-refractivity contribution in [3.05, 3.63) is 101 Å². The van der Waals surface area contributed by atoms with E-state index in [1.807, 2.05) is 47.1 Å². The molecule has 0 spiro atoms. The van der Waals surface area contributed by atoms with Gasteiger partial charge in [0.1, 0.15) is 6.61 Å². The fourth-order valence-electron chi connectivity index (χ4n) is 3.67. The summed E-state index contributed by atoms with van der Waals surface area (Å²) >= 11 is 0. The van der Waals surface area contributed by atoms with Crippen LogP contribution in [0.25, 0.3) is 5.69 Å². The number of benzene rings is 2. The Labute approximate surface area is 188 Å². The number of rotatable bonds is 9. The molecule has 0 bridgehead atoms. The van der Waals surface area contributed by atoms with Gasteiger partial charge in [-0.05, 0) is 49.7 Å². The predicted octanol–water partition coefficient (Wildman–Crippen LogP) is 4.76. The van der Waals surface area contributed by atoms with E-state index in [4.69, 9.17) is 14.6 Å². The van der Waals surface area contributed by atoms with E-state index in [1.165, 1.54) is 5.56 Å². The molecule has 6 heteroatoms. The van der Waals surface area contributed by atoms with Gasteiger partial charge in [-0.2, -0.15) is 5.10 Å². The quantitative estimate of drug-likeness (QED) is 0.416. The first-order chi connectivity index (χ1) is 15.7.